The molecular formula is C31H27BrN2O7S. The zero-order chi connectivity index (χ0) is 30.1. The smallest absolute Gasteiger partial charge is 0.338 e. The summed E-state index contributed by atoms with van der Waals surface area (Å²) in [5, 5.41) is 0. The van der Waals surface area contributed by atoms with Crippen LogP contribution in [0.1, 0.15) is 48.5 Å². The van der Waals surface area contributed by atoms with E-state index in [2.05, 4.69) is 20.9 Å². The van der Waals surface area contributed by atoms with E-state index >= 15 is 0 Å². The number of furan rings is 1. The van der Waals surface area contributed by atoms with E-state index in [-0.39, 0.29) is 23.5 Å². The zero-order valence-corrected chi connectivity index (χ0v) is 25.9. The van der Waals surface area contributed by atoms with Gasteiger partial charge in [0, 0.05) is 21.7 Å². The summed E-state index contributed by atoms with van der Waals surface area (Å²) in [6.45, 7) is 5.13. The van der Waals surface area contributed by atoms with Gasteiger partial charge in [0.2, 0.25) is 0 Å². The molecule has 11 heteroatoms. The van der Waals surface area contributed by atoms with Gasteiger partial charge in [-0.2, -0.15) is 0 Å². The second kappa shape index (κ2) is 11.9. The minimum Gasteiger partial charge on any atom is -0.493 e. The Morgan fingerprint density at radius 2 is 1.79 bits per heavy atom. The van der Waals surface area contributed by atoms with Gasteiger partial charge in [-0.15, -0.1) is 0 Å². The number of ketones is 1. The quantitative estimate of drug-likeness (QED) is 0.194. The average Bonchev–Trinajstić information content (AvgIpc) is 3.56. The molecule has 216 valence electrons. The van der Waals surface area contributed by atoms with E-state index in [1.54, 1.807) is 56.3 Å². The minimum absolute atomic E-state index is 0.0168. The van der Waals surface area contributed by atoms with Crippen LogP contribution in [0.15, 0.2) is 78.5 Å². The van der Waals surface area contributed by atoms with Gasteiger partial charge in [0.05, 0.1) is 42.7 Å². The Labute approximate surface area is 253 Å². The molecule has 0 bridgehead atoms. The van der Waals surface area contributed by atoms with E-state index in [9.17, 15) is 14.4 Å². The number of halogens is 1. The fourth-order valence-electron chi connectivity index (χ4n) is 4.75. The van der Waals surface area contributed by atoms with Crippen molar-refractivity contribution < 1.29 is 28.2 Å². The lowest BCUT2D eigenvalue weighted by Gasteiger charge is -2.26. The third-order valence-corrected chi connectivity index (χ3v) is 8.46. The van der Waals surface area contributed by atoms with Crippen molar-refractivity contribution in [2.45, 2.75) is 26.8 Å². The number of carbonyl (C=O) groups excluding carboxylic acids is 2. The van der Waals surface area contributed by atoms with E-state index in [1.165, 1.54) is 37.0 Å². The van der Waals surface area contributed by atoms with E-state index in [0.29, 0.717) is 53.6 Å². The lowest BCUT2D eigenvalue weighted by atomic mass is 9.95. The Morgan fingerprint density at radius 1 is 1.10 bits per heavy atom. The van der Waals surface area contributed by atoms with Gasteiger partial charge in [-0.05, 0) is 50.6 Å². The van der Waals surface area contributed by atoms with Crippen molar-refractivity contribution in [3.05, 3.63) is 101 Å². The summed E-state index contributed by atoms with van der Waals surface area (Å²) in [5.74, 6) is 1.41. The SMILES string of the molecule is CCOC(=O)C1=C(C)N=c2s/c(=C\c3ccc(-c4ccc(C(C)=O)cc4)o3)c(=O)n2[C@@H]1c1cc(OC)c(OC)cc1Br. The average molecular weight is 652 g/mol. The number of hydrogen-bond acceptors (Lipinski definition) is 9. The maximum absolute atomic E-state index is 14.0. The summed E-state index contributed by atoms with van der Waals surface area (Å²) in [6, 6.07) is 13.3. The number of rotatable bonds is 8. The van der Waals surface area contributed by atoms with Crippen LogP contribution in [-0.4, -0.2) is 37.1 Å². The van der Waals surface area contributed by atoms with Crippen LogP contribution in [0.2, 0.25) is 0 Å². The maximum atomic E-state index is 14.0. The molecule has 0 saturated heterocycles. The predicted molar refractivity (Wildman–Crippen MR) is 162 cm³/mol. The number of allylic oxidation sites excluding steroid dienone is 1. The Morgan fingerprint density at radius 3 is 2.43 bits per heavy atom. The fourth-order valence-corrected chi connectivity index (χ4v) is 6.32. The number of ether oxygens (including phenoxy) is 3. The molecule has 0 N–H and O–H groups in total. The highest BCUT2D eigenvalue weighted by molar-refractivity contribution is 9.10. The molecule has 0 fully saturated rings. The number of Topliss-reactive ketones (excluding diaryl/α,β-unsaturated/α-hetero) is 1. The second-order valence-electron chi connectivity index (χ2n) is 9.37. The minimum atomic E-state index is -0.844. The Kier molecular flexibility index (Phi) is 8.33. The number of esters is 1. The van der Waals surface area contributed by atoms with E-state index in [1.807, 2.05) is 12.1 Å². The van der Waals surface area contributed by atoms with Crippen LogP contribution in [0.5, 0.6) is 11.5 Å². The summed E-state index contributed by atoms with van der Waals surface area (Å²) in [4.78, 5) is 43.9. The fraction of sp³-hybridized carbons (Fsp3) is 0.226. The van der Waals surface area contributed by atoms with Crippen molar-refractivity contribution in [3.63, 3.8) is 0 Å². The van der Waals surface area contributed by atoms with Crippen LogP contribution in [0, 0.1) is 0 Å². The summed E-state index contributed by atoms with van der Waals surface area (Å²) in [7, 11) is 3.05. The lowest BCUT2D eigenvalue weighted by molar-refractivity contribution is -0.139. The highest BCUT2D eigenvalue weighted by Crippen LogP contribution is 2.40. The lowest BCUT2D eigenvalue weighted by Crippen LogP contribution is -2.40. The number of fused-ring (bicyclic) bond motifs is 1. The topological polar surface area (TPSA) is 109 Å². The molecule has 0 aliphatic carbocycles. The Bertz CT molecular complexity index is 1920. The molecule has 0 saturated carbocycles. The van der Waals surface area contributed by atoms with Crippen molar-refractivity contribution in [2.75, 3.05) is 20.8 Å². The molecule has 0 unspecified atom stereocenters. The summed E-state index contributed by atoms with van der Waals surface area (Å²) >= 11 is 4.80. The maximum Gasteiger partial charge on any atom is 0.338 e. The molecule has 3 heterocycles. The number of carbonyl (C=O) groups is 2. The first-order chi connectivity index (χ1) is 20.2. The molecule has 2 aromatic heterocycles. The largest absolute Gasteiger partial charge is 0.493 e. The molecule has 2 aromatic carbocycles. The number of hydrogen-bond donors (Lipinski definition) is 0. The van der Waals surface area contributed by atoms with E-state index in [4.69, 9.17) is 18.6 Å². The van der Waals surface area contributed by atoms with Gasteiger partial charge in [-0.3, -0.25) is 14.2 Å². The molecule has 5 rings (SSSR count). The molecule has 4 aromatic rings. The van der Waals surface area contributed by atoms with Crippen molar-refractivity contribution in [3.8, 4) is 22.8 Å². The first-order valence-corrected chi connectivity index (χ1v) is 14.6. The van der Waals surface area contributed by atoms with Gasteiger partial charge in [0.1, 0.15) is 11.5 Å². The normalized spacial score (nSPS) is 14.8. The van der Waals surface area contributed by atoms with Crippen LogP contribution >= 0.6 is 27.3 Å². The third kappa shape index (κ3) is 5.37. The first-order valence-electron chi connectivity index (χ1n) is 13.0. The highest BCUT2D eigenvalue weighted by atomic mass is 79.9. The summed E-state index contributed by atoms with van der Waals surface area (Å²) in [6.07, 6.45) is 1.65. The van der Waals surface area contributed by atoms with Gasteiger partial charge < -0.3 is 18.6 Å². The van der Waals surface area contributed by atoms with Gasteiger partial charge >= 0.3 is 5.97 Å². The van der Waals surface area contributed by atoms with Crippen molar-refractivity contribution >= 4 is 45.1 Å². The monoisotopic (exact) mass is 650 g/mol. The zero-order valence-electron chi connectivity index (χ0n) is 23.5. The highest BCUT2D eigenvalue weighted by Gasteiger charge is 2.35. The van der Waals surface area contributed by atoms with Crippen LogP contribution in [0.4, 0.5) is 0 Å². The number of thiazole rings is 1. The number of aromatic nitrogens is 1. The molecule has 1 atom stereocenters. The molecule has 9 nitrogen and oxygen atoms in total. The van der Waals surface area contributed by atoms with Gasteiger partial charge in [0.15, 0.2) is 22.1 Å². The molecule has 0 radical (unpaired) electrons. The van der Waals surface area contributed by atoms with Crippen molar-refractivity contribution in [1.82, 2.24) is 4.57 Å². The molecular weight excluding hydrogens is 624 g/mol. The van der Waals surface area contributed by atoms with Crippen molar-refractivity contribution in [1.29, 1.82) is 0 Å². The molecule has 42 heavy (non-hydrogen) atoms. The Hall–Kier alpha value is -4.22. The van der Waals surface area contributed by atoms with Crippen LogP contribution in [-0.2, 0) is 9.53 Å². The van der Waals surface area contributed by atoms with E-state index in [0.717, 1.165) is 5.56 Å². The van der Waals surface area contributed by atoms with Crippen LogP contribution in [0.25, 0.3) is 17.4 Å². The van der Waals surface area contributed by atoms with Gasteiger partial charge in [-0.1, -0.05) is 51.5 Å². The first kappa shape index (κ1) is 29.3. The molecule has 1 aliphatic heterocycles. The molecule has 0 spiro atoms. The number of methoxy groups -OCH3 is 2. The van der Waals surface area contributed by atoms with Gasteiger partial charge in [-0.25, -0.2) is 9.79 Å². The standard InChI is InChI=1S/C31H27BrN2O7S/c1-6-40-30(37)27-16(2)33-31-34(28(27)21-14-24(38-4)25(39-5)15-22(21)32)29(36)26(42-31)13-20-11-12-23(41-20)19-9-7-18(8-10-19)17(3)35/h7-15,28H,6H2,1-5H3/b26-13-/t28-/m1/s1. The predicted octanol–water partition coefficient (Wildman–Crippen LogP) is 5.04. The summed E-state index contributed by atoms with van der Waals surface area (Å²) in [5.41, 5.74) is 2.37. The Balaban J connectivity index is 1.65. The third-order valence-electron chi connectivity index (χ3n) is 6.79. The van der Waals surface area contributed by atoms with Crippen LogP contribution in [0.3, 0.4) is 0 Å². The second-order valence-corrected chi connectivity index (χ2v) is 11.2. The molecule has 0 amide bonds. The van der Waals surface area contributed by atoms with Gasteiger partial charge in [0.25, 0.3) is 5.56 Å². The molecule has 1 aliphatic rings. The van der Waals surface area contributed by atoms with E-state index < -0.39 is 12.0 Å². The number of benzene rings is 2. The number of nitrogens with zero attached hydrogens (tertiary/aromatic N) is 2. The summed E-state index contributed by atoms with van der Waals surface area (Å²) < 4.78 is 24.9. The van der Waals surface area contributed by atoms with Crippen molar-refractivity contribution in [2.24, 2.45) is 4.99 Å². The van der Waals surface area contributed by atoms with Crippen LogP contribution < -0.4 is 24.4 Å².